The molecule has 1 aromatic carbocycles. The summed E-state index contributed by atoms with van der Waals surface area (Å²) in [5, 5.41) is 3.98. The maximum absolute atomic E-state index is 12.9. The molecule has 1 saturated heterocycles. The highest BCUT2D eigenvalue weighted by molar-refractivity contribution is 7.21. The first-order valence-corrected chi connectivity index (χ1v) is 10.9. The smallest absolute Gasteiger partial charge is 0.267 e. The van der Waals surface area contributed by atoms with Gasteiger partial charge >= 0.3 is 0 Å². The van der Waals surface area contributed by atoms with E-state index >= 15 is 0 Å². The third kappa shape index (κ3) is 2.92. The van der Waals surface area contributed by atoms with Crippen LogP contribution in [0.4, 0.5) is 17.2 Å². The first-order chi connectivity index (χ1) is 13.7. The number of aromatic nitrogens is 1. The van der Waals surface area contributed by atoms with Crippen LogP contribution in [-0.2, 0) is 12.8 Å². The fourth-order valence-corrected chi connectivity index (χ4v) is 5.48. The molecule has 28 heavy (non-hydrogen) atoms. The molecule has 2 aromatic heterocycles. The summed E-state index contributed by atoms with van der Waals surface area (Å²) in [5.74, 6) is 0.981. The van der Waals surface area contributed by atoms with Crippen LogP contribution in [0, 0.1) is 0 Å². The molecule has 0 bridgehead atoms. The molecule has 144 valence electrons. The number of aryl methyl sites for hydroxylation is 1. The zero-order valence-electron chi connectivity index (χ0n) is 15.8. The average molecular weight is 393 g/mol. The number of benzene rings is 1. The number of hydrogen-bond acceptors (Lipinski definition) is 5. The van der Waals surface area contributed by atoms with Crippen molar-refractivity contribution in [3.63, 3.8) is 0 Å². The Bertz CT molecular complexity index is 1040. The predicted molar refractivity (Wildman–Crippen MR) is 117 cm³/mol. The van der Waals surface area contributed by atoms with E-state index in [1.165, 1.54) is 48.1 Å². The number of nitrogens with zero attached hydrogens (tertiary/aromatic N) is 2. The van der Waals surface area contributed by atoms with E-state index in [2.05, 4.69) is 10.2 Å². The van der Waals surface area contributed by atoms with Crippen LogP contribution in [0.2, 0.25) is 0 Å². The summed E-state index contributed by atoms with van der Waals surface area (Å²) in [4.78, 5) is 21.8. The van der Waals surface area contributed by atoms with Crippen LogP contribution in [0.15, 0.2) is 30.3 Å². The van der Waals surface area contributed by atoms with Gasteiger partial charge in [0, 0.05) is 24.2 Å². The normalized spacial score (nSPS) is 16.4. The second kappa shape index (κ2) is 7.09. The summed E-state index contributed by atoms with van der Waals surface area (Å²) in [6, 6.07) is 9.51. The molecule has 2 aliphatic rings. The summed E-state index contributed by atoms with van der Waals surface area (Å²) < 4.78 is 0. The van der Waals surface area contributed by atoms with Crippen molar-refractivity contribution in [2.24, 2.45) is 0 Å². The Labute approximate surface area is 168 Å². The van der Waals surface area contributed by atoms with E-state index in [1.54, 1.807) is 0 Å². The first kappa shape index (κ1) is 17.5. The van der Waals surface area contributed by atoms with Crippen molar-refractivity contribution >= 4 is 44.7 Å². The SMILES string of the molecule is Nc1c(C(=O)Nc2ccccc2)sc2nc(N3CCCC3)c3c(c12)CCCC3. The van der Waals surface area contributed by atoms with Gasteiger partial charge in [-0.15, -0.1) is 11.3 Å². The van der Waals surface area contributed by atoms with E-state index in [0.29, 0.717) is 10.6 Å². The number of amides is 1. The van der Waals surface area contributed by atoms with Gasteiger partial charge in [0.15, 0.2) is 0 Å². The molecule has 0 atom stereocenters. The van der Waals surface area contributed by atoms with Gasteiger partial charge in [0.25, 0.3) is 5.91 Å². The van der Waals surface area contributed by atoms with Crippen molar-refractivity contribution in [3.8, 4) is 0 Å². The Morgan fingerprint density at radius 1 is 1.04 bits per heavy atom. The number of nitrogen functional groups attached to an aromatic ring is 1. The van der Waals surface area contributed by atoms with E-state index in [9.17, 15) is 4.79 Å². The molecule has 1 fully saturated rings. The molecular weight excluding hydrogens is 368 g/mol. The van der Waals surface area contributed by atoms with E-state index in [-0.39, 0.29) is 5.91 Å². The van der Waals surface area contributed by atoms with Crippen molar-refractivity contribution in [2.75, 3.05) is 29.0 Å². The Morgan fingerprint density at radius 2 is 1.75 bits per heavy atom. The second-order valence-electron chi connectivity index (χ2n) is 7.64. The molecular formula is C22H24N4OS. The maximum atomic E-state index is 12.9. The lowest BCUT2D eigenvalue weighted by Gasteiger charge is -2.25. The quantitative estimate of drug-likeness (QED) is 0.683. The van der Waals surface area contributed by atoms with Gasteiger partial charge in [0.05, 0.1) is 5.69 Å². The molecule has 5 nitrogen and oxygen atoms in total. The Kier molecular flexibility index (Phi) is 4.43. The highest BCUT2D eigenvalue weighted by Gasteiger charge is 2.27. The molecule has 3 N–H and O–H groups in total. The molecule has 3 heterocycles. The number of para-hydroxylation sites is 1. The van der Waals surface area contributed by atoms with Crippen LogP contribution in [0.5, 0.6) is 0 Å². The minimum atomic E-state index is -0.154. The summed E-state index contributed by atoms with van der Waals surface area (Å²) in [6.07, 6.45) is 6.91. The molecule has 0 unspecified atom stereocenters. The third-order valence-corrected chi connectivity index (χ3v) is 6.92. The van der Waals surface area contributed by atoms with Crippen LogP contribution >= 0.6 is 11.3 Å². The summed E-state index contributed by atoms with van der Waals surface area (Å²) in [5.41, 5.74) is 10.6. The molecule has 1 aliphatic carbocycles. The fraction of sp³-hybridized carbons (Fsp3) is 0.364. The molecule has 0 radical (unpaired) electrons. The molecule has 0 spiro atoms. The van der Waals surface area contributed by atoms with Gasteiger partial charge in [-0.05, 0) is 61.8 Å². The predicted octanol–water partition coefficient (Wildman–Crippen LogP) is 4.61. The van der Waals surface area contributed by atoms with Crippen LogP contribution in [0.25, 0.3) is 10.2 Å². The number of anilines is 3. The lowest BCUT2D eigenvalue weighted by molar-refractivity contribution is 0.103. The van der Waals surface area contributed by atoms with E-state index in [4.69, 9.17) is 10.7 Å². The molecule has 0 saturated carbocycles. The largest absolute Gasteiger partial charge is 0.397 e. The Hall–Kier alpha value is -2.60. The maximum Gasteiger partial charge on any atom is 0.267 e. The van der Waals surface area contributed by atoms with Crippen molar-refractivity contribution in [2.45, 2.75) is 38.5 Å². The van der Waals surface area contributed by atoms with Crippen LogP contribution in [-0.4, -0.2) is 24.0 Å². The van der Waals surface area contributed by atoms with Crippen molar-refractivity contribution in [1.29, 1.82) is 0 Å². The van der Waals surface area contributed by atoms with E-state index in [1.807, 2.05) is 30.3 Å². The molecule has 5 rings (SSSR count). The zero-order valence-corrected chi connectivity index (χ0v) is 16.6. The minimum absolute atomic E-state index is 0.154. The van der Waals surface area contributed by atoms with Crippen LogP contribution < -0.4 is 16.0 Å². The van der Waals surface area contributed by atoms with E-state index in [0.717, 1.165) is 47.7 Å². The molecule has 6 heteroatoms. The second-order valence-corrected chi connectivity index (χ2v) is 8.64. The van der Waals surface area contributed by atoms with Crippen LogP contribution in [0.3, 0.4) is 0 Å². The van der Waals surface area contributed by atoms with Crippen molar-refractivity contribution in [1.82, 2.24) is 4.98 Å². The number of rotatable bonds is 3. The topological polar surface area (TPSA) is 71.2 Å². The molecule has 1 aliphatic heterocycles. The van der Waals surface area contributed by atoms with Gasteiger partial charge in [-0.3, -0.25) is 4.79 Å². The van der Waals surface area contributed by atoms with E-state index < -0.39 is 0 Å². The summed E-state index contributed by atoms with van der Waals surface area (Å²) in [7, 11) is 0. The summed E-state index contributed by atoms with van der Waals surface area (Å²) in [6.45, 7) is 2.15. The molecule has 1 amide bonds. The number of nitrogens with two attached hydrogens (primary N) is 1. The standard InChI is InChI=1S/C22H24N4OS/c23-18-17-15-10-4-5-11-16(15)20(26-12-6-7-13-26)25-22(17)28-19(18)21(27)24-14-8-2-1-3-9-14/h1-3,8-9H,4-7,10-13,23H2,(H,24,27). The van der Waals surface area contributed by atoms with Crippen LogP contribution in [0.1, 0.15) is 46.5 Å². The highest BCUT2D eigenvalue weighted by Crippen LogP contribution is 2.42. The van der Waals surface area contributed by atoms with Crippen molar-refractivity contribution < 1.29 is 4.79 Å². The summed E-state index contributed by atoms with van der Waals surface area (Å²) >= 11 is 1.42. The lowest BCUT2D eigenvalue weighted by Crippen LogP contribution is -2.22. The Morgan fingerprint density at radius 3 is 2.50 bits per heavy atom. The number of carbonyl (C=O) groups excluding carboxylic acids is 1. The van der Waals surface area contributed by atoms with Crippen molar-refractivity contribution in [3.05, 3.63) is 46.3 Å². The fourth-order valence-electron chi connectivity index (χ4n) is 4.46. The monoisotopic (exact) mass is 392 g/mol. The first-order valence-electron chi connectivity index (χ1n) is 10.1. The van der Waals surface area contributed by atoms with Gasteiger partial charge in [0.1, 0.15) is 15.5 Å². The van der Waals surface area contributed by atoms with Gasteiger partial charge < -0.3 is 16.0 Å². The molecule has 3 aromatic rings. The van der Waals surface area contributed by atoms with Gasteiger partial charge in [-0.1, -0.05) is 18.2 Å². The number of carbonyl (C=O) groups is 1. The number of fused-ring (bicyclic) bond motifs is 3. The third-order valence-electron chi connectivity index (χ3n) is 5.82. The number of nitrogens with one attached hydrogen (secondary N) is 1. The Balaban J connectivity index is 1.61. The lowest BCUT2D eigenvalue weighted by atomic mass is 9.89. The highest BCUT2D eigenvalue weighted by atomic mass is 32.1. The zero-order chi connectivity index (χ0) is 19.1. The number of hydrogen-bond donors (Lipinski definition) is 2. The minimum Gasteiger partial charge on any atom is -0.397 e. The van der Waals surface area contributed by atoms with Gasteiger partial charge in [-0.2, -0.15) is 0 Å². The van der Waals surface area contributed by atoms with Gasteiger partial charge in [-0.25, -0.2) is 4.98 Å². The van der Waals surface area contributed by atoms with Gasteiger partial charge in [0.2, 0.25) is 0 Å². The number of pyridine rings is 1. The average Bonchev–Trinajstić information content (AvgIpc) is 3.36. The number of thiophene rings is 1.